The van der Waals surface area contributed by atoms with Crippen LogP contribution in [0.1, 0.15) is 0 Å². The maximum absolute atomic E-state index is 10.7. The van der Waals surface area contributed by atoms with Gasteiger partial charge in [0.1, 0.15) is 11.9 Å². The van der Waals surface area contributed by atoms with Crippen LogP contribution in [0, 0.1) is 30.3 Å². The smallest absolute Gasteiger partial charge is 0.396 e. The number of nitro groups is 3. The van der Waals surface area contributed by atoms with Crippen molar-refractivity contribution >= 4 is 40.5 Å². The highest BCUT2D eigenvalue weighted by molar-refractivity contribution is 6.35. The quantitative estimate of drug-likeness (QED) is 0.654. The topological polar surface area (TPSA) is 159 Å². The number of nitro benzene ring substituents is 3. The molecule has 0 radical (unpaired) electrons. The van der Waals surface area contributed by atoms with Crippen molar-refractivity contribution in [3.8, 4) is 11.5 Å². The van der Waals surface area contributed by atoms with Crippen LogP contribution in [0.5, 0.6) is 11.5 Å². The van der Waals surface area contributed by atoms with Crippen molar-refractivity contribution in [2.45, 2.75) is 0 Å². The molecule has 0 heterocycles. The molecule has 0 spiro atoms. The first-order valence-electron chi connectivity index (χ1n) is 4.04. The van der Waals surface area contributed by atoms with Crippen molar-refractivity contribution in [1.82, 2.24) is 0 Å². The zero-order chi connectivity index (χ0) is 14.9. The molecule has 0 saturated heterocycles. The number of rotatable bonds is 4. The van der Waals surface area contributed by atoms with Gasteiger partial charge < -0.3 is 9.40 Å². The molecule has 0 bridgehead atoms. The lowest BCUT2D eigenvalue weighted by atomic mass is 10.2. The third kappa shape index (κ3) is 2.28. The molecule has 0 aliphatic carbocycles. The summed E-state index contributed by atoms with van der Waals surface area (Å²) in [5.74, 6) is -2.65. The van der Waals surface area contributed by atoms with Gasteiger partial charge in [-0.2, -0.15) is 0 Å². The Morgan fingerprint density at radius 1 is 0.947 bits per heavy atom. The van der Waals surface area contributed by atoms with Gasteiger partial charge in [-0.25, -0.2) is 0 Å². The molecule has 0 aliphatic rings. The normalized spacial score (nSPS) is 10.0. The van der Waals surface area contributed by atoms with Crippen LogP contribution in [0.3, 0.4) is 0 Å². The van der Waals surface area contributed by atoms with Gasteiger partial charge in [-0.15, -0.1) is 0 Å². The first-order valence-corrected chi connectivity index (χ1v) is 4.72. The van der Waals surface area contributed by atoms with Crippen molar-refractivity contribution in [3.63, 3.8) is 0 Å². The lowest BCUT2D eigenvalue weighted by Gasteiger charge is -2.05. The fourth-order valence-electron chi connectivity index (χ4n) is 1.23. The third-order valence-electron chi connectivity index (χ3n) is 1.92. The fraction of sp³-hybridized carbons (Fsp3) is 0. The second kappa shape index (κ2) is 5.07. The van der Waals surface area contributed by atoms with Crippen molar-refractivity contribution in [1.29, 1.82) is 0 Å². The van der Waals surface area contributed by atoms with Gasteiger partial charge in [0.25, 0.3) is 11.5 Å². The van der Waals surface area contributed by atoms with E-state index in [1.165, 1.54) is 0 Å². The molecule has 13 heteroatoms. The Labute approximate surface area is 112 Å². The maximum atomic E-state index is 10.7. The van der Waals surface area contributed by atoms with Crippen LogP contribution in [-0.2, 0) is 0 Å². The predicted molar refractivity (Wildman–Crippen MR) is 59.6 cm³/mol. The molecule has 1 aromatic rings. The number of halogens is 2. The summed E-state index contributed by atoms with van der Waals surface area (Å²) >= 11 is 10.3. The lowest BCUT2D eigenvalue weighted by Crippen LogP contribution is -2.02. The Morgan fingerprint density at radius 2 is 1.37 bits per heavy atom. The molecule has 0 unspecified atom stereocenters. The molecule has 19 heavy (non-hydrogen) atoms. The molecular formula is C6HCl2N3O8. The summed E-state index contributed by atoms with van der Waals surface area (Å²) in [5.41, 5.74) is -4.25. The van der Waals surface area contributed by atoms with E-state index in [1.54, 1.807) is 0 Å². The van der Waals surface area contributed by atoms with E-state index < -0.39 is 48.4 Å². The number of nitrogens with zero attached hydrogens (tertiary/aromatic N) is 3. The molecule has 1 rings (SSSR count). The van der Waals surface area contributed by atoms with Crippen LogP contribution in [0.25, 0.3) is 0 Å². The summed E-state index contributed by atoms with van der Waals surface area (Å²) in [6, 6.07) is 0. The van der Waals surface area contributed by atoms with E-state index in [2.05, 4.69) is 4.29 Å². The van der Waals surface area contributed by atoms with Crippen LogP contribution in [0.2, 0.25) is 5.02 Å². The van der Waals surface area contributed by atoms with E-state index >= 15 is 0 Å². The van der Waals surface area contributed by atoms with Gasteiger partial charge in [-0.05, 0) is 0 Å². The summed E-state index contributed by atoms with van der Waals surface area (Å²) in [6.45, 7) is 0. The Morgan fingerprint density at radius 3 is 1.68 bits per heavy atom. The average molecular weight is 314 g/mol. The van der Waals surface area contributed by atoms with Gasteiger partial charge in [-0.1, -0.05) is 11.6 Å². The summed E-state index contributed by atoms with van der Waals surface area (Å²) in [6.07, 6.45) is 0. The van der Waals surface area contributed by atoms with Crippen molar-refractivity contribution in [2.75, 3.05) is 0 Å². The highest BCUT2D eigenvalue weighted by Gasteiger charge is 2.44. The van der Waals surface area contributed by atoms with Gasteiger partial charge in [0, 0.05) is 0 Å². The predicted octanol–water partition coefficient (Wildman–Crippen LogP) is 2.30. The van der Waals surface area contributed by atoms with Gasteiger partial charge in [0.2, 0.25) is 0 Å². The van der Waals surface area contributed by atoms with Crippen molar-refractivity contribution < 1.29 is 24.2 Å². The van der Waals surface area contributed by atoms with Crippen LogP contribution >= 0.6 is 23.5 Å². The monoisotopic (exact) mass is 313 g/mol. The van der Waals surface area contributed by atoms with E-state index in [1.807, 2.05) is 0 Å². The molecule has 1 N–H and O–H groups in total. The van der Waals surface area contributed by atoms with E-state index in [4.69, 9.17) is 23.5 Å². The first kappa shape index (κ1) is 14.7. The summed E-state index contributed by atoms with van der Waals surface area (Å²) in [4.78, 5) is 28.0. The highest BCUT2D eigenvalue weighted by atomic mass is 35.5. The molecule has 0 aliphatic heterocycles. The van der Waals surface area contributed by atoms with Crippen LogP contribution < -0.4 is 4.29 Å². The number of hydrogen-bond acceptors (Lipinski definition) is 8. The van der Waals surface area contributed by atoms with Gasteiger partial charge in [-0.3, -0.25) is 30.3 Å². The number of phenols is 1. The number of hydrogen-bond donors (Lipinski definition) is 1. The van der Waals surface area contributed by atoms with Gasteiger partial charge in [0.15, 0.2) is 5.02 Å². The summed E-state index contributed by atoms with van der Waals surface area (Å²) in [7, 11) is 0. The summed E-state index contributed by atoms with van der Waals surface area (Å²) < 4.78 is 3.96. The van der Waals surface area contributed by atoms with Crippen LogP contribution in [0.4, 0.5) is 17.1 Å². The van der Waals surface area contributed by atoms with Crippen LogP contribution in [0.15, 0.2) is 0 Å². The zero-order valence-electron chi connectivity index (χ0n) is 8.40. The third-order valence-corrected chi connectivity index (χ3v) is 2.43. The second-order valence-electron chi connectivity index (χ2n) is 2.89. The number of aromatic hydroxyl groups is 1. The van der Waals surface area contributed by atoms with Crippen molar-refractivity contribution in [3.05, 3.63) is 35.4 Å². The standard InChI is InChI=1S/C6HCl2N3O8/c7-1-2(9(13)14)3(10(15)16)5(12)4(11(17)18)6(1)19-8/h12H. The van der Waals surface area contributed by atoms with E-state index in [0.717, 1.165) is 0 Å². The fourth-order valence-corrected chi connectivity index (χ4v) is 1.70. The Hall–Kier alpha value is -2.40. The minimum Gasteiger partial charge on any atom is -0.497 e. The zero-order valence-corrected chi connectivity index (χ0v) is 9.91. The Kier molecular flexibility index (Phi) is 3.92. The Bertz CT molecular complexity index is 603. The molecule has 0 atom stereocenters. The SMILES string of the molecule is O=[N+]([O-])c1c(O)c([N+](=O)[O-])c([N+](=O)[O-])c(Cl)c1OCl. The highest BCUT2D eigenvalue weighted by Crippen LogP contribution is 2.54. The van der Waals surface area contributed by atoms with Gasteiger partial charge >= 0.3 is 17.1 Å². The molecule has 1 aromatic carbocycles. The second-order valence-corrected chi connectivity index (χ2v) is 3.42. The van der Waals surface area contributed by atoms with E-state index in [9.17, 15) is 35.4 Å². The number of benzene rings is 1. The van der Waals surface area contributed by atoms with Crippen LogP contribution in [-0.4, -0.2) is 19.9 Å². The minimum absolute atomic E-state index is 1.07. The molecule has 102 valence electrons. The minimum atomic E-state index is -1.58. The first-order chi connectivity index (χ1) is 8.73. The van der Waals surface area contributed by atoms with Gasteiger partial charge in [0.05, 0.1) is 14.8 Å². The largest absolute Gasteiger partial charge is 0.497 e. The lowest BCUT2D eigenvalue weighted by molar-refractivity contribution is -0.425. The summed E-state index contributed by atoms with van der Waals surface area (Å²) in [5, 5.41) is 40.3. The number of phenolic OH excluding ortho intramolecular Hbond substituents is 1. The van der Waals surface area contributed by atoms with E-state index in [0.29, 0.717) is 0 Å². The Balaban J connectivity index is 3.98. The molecule has 11 nitrogen and oxygen atoms in total. The molecule has 0 saturated carbocycles. The molecular weight excluding hydrogens is 313 g/mol. The molecule has 0 fully saturated rings. The van der Waals surface area contributed by atoms with E-state index in [-0.39, 0.29) is 0 Å². The average Bonchev–Trinajstić information content (AvgIpc) is 2.28. The molecule has 0 amide bonds. The molecule has 0 aromatic heterocycles. The maximum Gasteiger partial charge on any atom is 0.396 e. The van der Waals surface area contributed by atoms with Crippen molar-refractivity contribution in [2.24, 2.45) is 0 Å².